The summed E-state index contributed by atoms with van der Waals surface area (Å²) >= 11 is 6.16. The Hall–Kier alpha value is -1.58. The van der Waals surface area contributed by atoms with Gasteiger partial charge in [-0.2, -0.15) is 0 Å². The zero-order valence-electron chi connectivity index (χ0n) is 10.9. The molecule has 3 nitrogen and oxygen atoms in total. The van der Waals surface area contributed by atoms with Gasteiger partial charge in [0.2, 0.25) is 5.88 Å². The molecule has 1 N–H and O–H groups in total. The molecule has 1 aromatic carbocycles. The Morgan fingerprint density at radius 2 is 2.11 bits per heavy atom. The van der Waals surface area contributed by atoms with E-state index < -0.39 is 6.10 Å². The molecule has 0 saturated heterocycles. The Morgan fingerprint density at radius 1 is 1.32 bits per heavy atom. The monoisotopic (exact) mass is 277 g/mol. The van der Waals surface area contributed by atoms with E-state index in [1.165, 1.54) is 0 Å². The first kappa shape index (κ1) is 13.8. The molecule has 2 aromatic rings. The molecule has 0 aliphatic heterocycles. The maximum Gasteiger partial charge on any atom is 0.213 e. The van der Waals surface area contributed by atoms with Gasteiger partial charge in [0.25, 0.3) is 0 Å². The van der Waals surface area contributed by atoms with E-state index in [0.29, 0.717) is 23.0 Å². The number of aryl methyl sites for hydroxylation is 1. The smallest absolute Gasteiger partial charge is 0.213 e. The highest BCUT2D eigenvalue weighted by atomic mass is 35.5. The van der Waals surface area contributed by atoms with E-state index in [2.05, 4.69) is 4.98 Å². The molecular weight excluding hydrogens is 262 g/mol. The predicted molar refractivity (Wildman–Crippen MR) is 75.6 cm³/mol. The molecule has 4 heteroatoms. The zero-order valence-corrected chi connectivity index (χ0v) is 11.7. The van der Waals surface area contributed by atoms with Crippen molar-refractivity contribution in [2.45, 2.75) is 19.4 Å². The van der Waals surface area contributed by atoms with Crippen LogP contribution in [0.1, 0.15) is 22.9 Å². The summed E-state index contributed by atoms with van der Waals surface area (Å²) in [5, 5.41) is 10.9. The van der Waals surface area contributed by atoms with Gasteiger partial charge in [-0.25, -0.2) is 4.98 Å². The average Bonchev–Trinajstić information content (AvgIpc) is 2.42. The number of methoxy groups -OCH3 is 1. The number of benzene rings is 1. The Balaban J connectivity index is 2.17. The van der Waals surface area contributed by atoms with Crippen LogP contribution in [0.25, 0.3) is 0 Å². The summed E-state index contributed by atoms with van der Waals surface area (Å²) in [7, 11) is 1.55. The molecule has 1 unspecified atom stereocenters. The van der Waals surface area contributed by atoms with Crippen molar-refractivity contribution in [3.05, 3.63) is 58.2 Å². The first-order valence-electron chi connectivity index (χ1n) is 6.04. The maximum absolute atomic E-state index is 10.2. The van der Waals surface area contributed by atoms with Gasteiger partial charge in [0, 0.05) is 17.5 Å². The van der Waals surface area contributed by atoms with Crippen LogP contribution < -0.4 is 4.74 Å². The lowest BCUT2D eigenvalue weighted by Gasteiger charge is -2.12. The highest BCUT2D eigenvalue weighted by Gasteiger charge is 2.13. The minimum absolute atomic E-state index is 0.430. The van der Waals surface area contributed by atoms with Crippen LogP contribution in [0.5, 0.6) is 5.88 Å². The van der Waals surface area contributed by atoms with Crippen LogP contribution in [-0.4, -0.2) is 17.2 Å². The van der Waals surface area contributed by atoms with E-state index in [1.54, 1.807) is 25.3 Å². The topological polar surface area (TPSA) is 42.4 Å². The van der Waals surface area contributed by atoms with Crippen molar-refractivity contribution in [1.29, 1.82) is 0 Å². The number of halogens is 1. The third kappa shape index (κ3) is 3.46. The number of hydrogen-bond donors (Lipinski definition) is 1. The summed E-state index contributed by atoms with van der Waals surface area (Å²) in [6, 6.07) is 11.1. The standard InChI is InChI=1S/C15H16ClNO2/c1-10-6-7-11(12(16)8-10)9-14(18)13-4-3-5-15(17-13)19-2/h3-8,14,18H,9H2,1-2H3. The minimum Gasteiger partial charge on any atom is -0.481 e. The van der Waals surface area contributed by atoms with Gasteiger partial charge in [0.15, 0.2) is 0 Å². The van der Waals surface area contributed by atoms with Crippen molar-refractivity contribution >= 4 is 11.6 Å². The van der Waals surface area contributed by atoms with Gasteiger partial charge in [-0.1, -0.05) is 29.8 Å². The third-order valence-corrected chi connectivity index (χ3v) is 3.27. The van der Waals surface area contributed by atoms with E-state index in [0.717, 1.165) is 11.1 Å². The largest absolute Gasteiger partial charge is 0.481 e. The Kier molecular flexibility index (Phi) is 4.40. The number of aromatic nitrogens is 1. The van der Waals surface area contributed by atoms with Crippen molar-refractivity contribution in [3.63, 3.8) is 0 Å². The normalized spacial score (nSPS) is 12.2. The third-order valence-electron chi connectivity index (χ3n) is 2.92. The molecule has 0 bridgehead atoms. The lowest BCUT2D eigenvalue weighted by Crippen LogP contribution is -2.05. The number of hydrogen-bond acceptors (Lipinski definition) is 3. The van der Waals surface area contributed by atoms with Gasteiger partial charge in [0.05, 0.1) is 12.8 Å². The van der Waals surface area contributed by atoms with Crippen LogP contribution >= 0.6 is 11.6 Å². The summed E-state index contributed by atoms with van der Waals surface area (Å²) < 4.78 is 5.05. The molecule has 0 spiro atoms. The fourth-order valence-corrected chi connectivity index (χ4v) is 2.17. The Labute approximate surface area is 117 Å². The van der Waals surface area contributed by atoms with E-state index >= 15 is 0 Å². The summed E-state index contributed by atoms with van der Waals surface area (Å²) in [6.07, 6.45) is -0.269. The number of aliphatic hydroxyl groups excluding tert-OH is 1. The van der Waals surface area contributed by atoms with Gasteiger partial charge in [0.1, 0.15) is 6.10 Å². The van der Waals surface area contributed by atoms with E-state index in [9.17, 15) is 5.11 Å². The first-order valence-corrected chi connectivity index (χ1v) is 6.42. The average molecular weight is 278 g/mol. The van der Waals surface area contributed by atoms with Crippen molar-refractivity contribution in [1.82, 2.24) is 4.98 Å². The van der Waals surface area contributed by atoms with Gasteiger partial charge in [-0.05, 0) is 30.2 Å². The lowest BCUT2D eigenvalue weighted by molar-refractivity contribution is 0.172. The summed E-state index contributed by atoms with van der Waals surface area (Å²) in [6.45, 7) is 1.98. The molecule has 1 heterocycles. The highest BCUT2D eigenvalue weighted by molar-refractivity contribution is 6.31. The molecule has 2 rings (SSSR count). The van der Waals surface area contributed by atoms with E-state index in [1.807, 2.05) is 25.1 Å². The molecule has 19 heavy (non-hydrogen) atoms. The second-order valence-corrected chi connectivity index (χ2v) is 4.83. The van der Waals surface area contributed by atoms with Gasteiger partial charge < -0.3 is 9.84 Å². The molecule has 1 atom stereocenters. The summed E-state index contributed by atoms with van der Waals surface area (Å²) in [4.78, 5) is 4.22. The molecular formula is C15H16ClNO2. The number of aliphatic hydroxyl groups is 1. The number of rotatable bonds is 4. The van der Waals surface area contributed by atoms with Crippen LogP contribution in [0, 0.1) is 6.92 Å². The molecule has 0 aliphatic carbocycles. The van der Waals surface area contributed by atoms with Crippen molar-refractivity contribution in [2.24, 2.45) is 0 Å². The van der Waals surface area contributed by atoms with E-state index in [4.69, 9.17) is 16.3 Å². The number of nitrogens with zero attached hydrogens (tertiary/aromatic N) is 1. The first-order chi connectivity index (χ1) is 9.10. The fourth-order valence-electron chi connectivity index (χ4n) is 1.86. The van der Waals surface area contributed by atoms with Crippen molar-refractivity contribution in [3.8, 4) is 5.88 Å². The van der Waals surface area contributed by atoms with Crippen LogP contribution in [0.4, 0.5) is 0 Å². The number of ether oxygens (including phenoxy) is 1. The predicted octanol–water partition coefficient (Wildman–Crippen LogP) is 3.33. The van der Waals surface area contributed by atoms with Crippen LogP contribution in [0.3, 0.4) is 0 Å². The maximum atomic E-state index is 10.2. The van der Waals surface area contributed by atoms with Crippen LogP contribution in [0.15, 0.2) is 36.4 Å². The minimum atomic E-state index is -0.699. The quantitative estimate of drug-likeness (QED) is 0.932. The summed E-state index contributed by atoms with van der Waals surface area (Å²) in [5.74, 6) is 0.492. The van der Waals surface area contributed by atoms with Crippen LogP contribution in [-0.2, 0) is 6.42 Å². The van der Waals surface area contributed by atoms with Gasteiger partial charge >= 0.3 is 0 Å². The molecule has 100 valence electrons. The summed E-state index contributed by atoms with van der Waals surface area (Å²) in [5.41, 5.74) is 2.59. The molecule has 0 saturated carbocycles. The molecule has 0 fully saturated rings. The zero-order chi connectivity index (χ0) is 13.8. The SMILES string of the molecule is COc1cccc(C(O)Cc2ccc(C)cc2Cl)n1. The molecule has 0 radical (unpaired) electrons. The second-order valence-electron chi connectivity index (χ2n) is 4.42. The number of pyridine rings is 1. The van der Waals surface area contributed by atoms with E-state index in [-0.39, 0.29) is 0 Å². The highest BCUT2D eigenvalue weighted by Crippen LogP contribution is 2.24. The van der Waals surface area contributed by atoms with Gasteiger partial charge in [-0.15, -0.1) is 0 Å². The molecule has 0 aliphatic rings. The van der Waals surface area contributed by atoms with Crippen molar-refractivity contribution < 1.29 is 9.84 Å². The second kappa shape index (κ2) is 6.04. The van der Waals surface area contributed by atoms with Crippen LogP contribution in [0.2, 0.25) is 5.02 Å². The lowest BCUT2D eigenvalue weighted by atomic mass is 10.0. The molecule has 1 aromatic heterocycles. The van der Waals surface area contributed by atoms with Gasteiger partial charge in [-0.3, -0.25) is 0 Å². The Bertz CT molecular complexity index is 572. The van der Waals surface area contributed by atoms with Crippen molar-refractivity contribution in [2.75, 3.05) is 7.11 Å². The molecule has 0 amide bonds. The Morgan fingerprint density at radius 3 is 2.79 bits per heavy atom. The fraction of sp³-hybridized carbons (Fsp3) is 0.267.